The number of carbonyl (C=O) groups excluding carboxylic acids is 2. The van der Waals surface area contributed by atoms with Gasteiger partial charge in [-0.3, -0.25) is 9.69 Å². The minimum Gasteiger partial charge on any atom is -0.316 e. The fourth-order valence-corrected chi connectivity index (χ4v) is 6.87. The van der Waals surface area contributed by atoms with Crippen LogP contribution >= 0.6 is 11.3 Å². The van der Waals surface area contributed by atoms with E-state index in [0.717, 1.165) is 74.0 Å². The van der Waals surface area contributed by atoms with Gasteiger partial charge in [0.1, 0.15) is 10.3 Å². The number of piperazine rings is 1. The van der Waals surface area contributed by atoms with Crippen molar-refractivity contribution in [2.24, 2.45) is 5.92 Å². The molecule has 1 saturated carbocycles. The smallest absolute Gasteiger partial charge is 0.316 e. The molecule has 2 aromatic carbocycles. The first-order valence-corrected chi connectivity index (χ1v) is 16.4. The number of pyridine rings is 1. The average molecular weight is 650 g/mol. The second kappa shape index (κ2) is 12.3. The molecule has 3 aliphatic rings. The van der Waals surface area contributed by atoms with E-state index < -0.39 is 17.8 Å². The van der Waals surface area contributed by atoms with Gasteiger partial charge in [-0.1, -0.05) is 30.4 Å². The molecule has 13 heteroatoms. The number of amides is 3. The number of nitrogens with zero attached hydrogens (tertiary/aromatic N) is 5. The lowest BCUT2D eigenvalue weighted by Crippen LogP contribution is -2.45. The number of thiazole rings is 1. The van der Waals surface area contributed by atoms with E-state index in [1.54, 1.807) is 11.0 Å². The minimum absolute atomic E-state index is 0.000964. The van der Waals surface area contributed by atoms with Crippen molar-refractivity contribution in [3.63, 3.8) is 0 Å². The molecule has 7 rings (SSSR count). The van der Waals surface area contributed by atoms with Crippen molar-refractivity contribution in [1.29, 1.82) is 0 Å². The maximum absolute atomic E-state index is 13.8. The highest BCUT2D eigenvalue weighted by atomic mass is 32.1. The predicted molar refractivity (Wildman–Crippen MR) is 171 cm³/mol. The van der Waals surface area contributed by atoms with Gasteiger partial charge < -0.3 is 20.4 Å². The van der Waals surface area contributed by atoms with Gasteiger partial charge in [0.25, 0.3) is 0 Å². The molecule has 4 heterocycles. The summed E-state index contributed by atoms with van der Waals surface area (Å²) in [4.78, 5) is 41.5. The highest BCUT2D eigenvalue weighted by Gasteiger charge is 2.33. The Morgan fingerprint density at radius 3 is 2.41 bits per heavy atom. The number of hydrogen-bond donors (Lipinski definition) is 2. The summed E-state index contributed by atoms with van der Waals surface area (Å²) >= 11 is 1.33. The van der Waals surface area contributed by atoms with E-state index in [1.165, 1.54) is 17.4 Å². The van der Waals surface area contributed by atoms with Gasteiger partial charge in [0, 0.05) is 63.0 Å². The minimum atomic E-state index is -4.53. The maximum Gasteiger partial charge on any atom is 0.416 e. The lowest BCUT2D eigenvalue weighted by Gasteiger charge is -2.34. The summed E-state index contributed by atoms with van der Waals surface area (Å²) in [5.41, 5.74) is 4.13. The molecule has 2 aromatic heterocycles. The highest BCUT2D eigenvalue weighted by molar-refractivity contribution is 7.22. The van der Waals surface area contributed by atoms with Crippen molar-refractivity contribution >= 4 is 44.4 Å². The lowest BCUT2D eigenvalue weighted by atomic mass is 10.0. The Balaban J connectivity index is 1.03. The van der Waals surface area contributed by atoms with E-state index in [9.17, 15) is 22.8 Å². The summed E-state index contributed by atoms with van der Waals surface area (Å²) in [6.45, 7) is 7.45. The number of fused-ring (bicyclic) bond motifs is 2. The summed E-state index contributed by atoms with van der Waals surface area (Å²) in [5.74, 6) is 0.0871. The summed E-state index contributed by atoms with van der Waals surface area (Å²) in [6, 6.07) is 13.0. The second-order valence-electron chi connectivity index (χ2n) is 12.2. The molecule has 9 nitrogen and oxygen atoms in total. The zero-order chi connectivity index (χ0) is 32.0. The summed E-state index contributed by atoms with van der Waals surface area (Å²) in [6.07, 6.45) is -2.70. The first-order valence-electron chi connectivity index (χ1n) is 15.5. The molecule has 1 saturated heterocycles. The third-order valence-corrected chi connectivity index (χ3v) is 9.72. The van der Waals surface area contributed by atoms with Crippen LogP contribution in [0.15, 0.2) is 48.5 Å². The van der Waals surface area contributed by atoms with Crippen LogP contribution in [-0.4, -0.2) is 69.3 Å². The highest BCUT2D eigenvalue weighted by Crippen LogP contribution is 2.35. The third-order valence-electron chi connectivity index (χ3n) is 8.84. The van der Waals surface area contributed by atoms with E-state index >= 15 is 0 Å². The standard InChI is InChI=1S/C33H34F3N7O2S/c1-2-41-9-11-42(12-10-41)17-20-13-25(33(34,35)36)16-26(14-20)37-32(45)43-18-23-6-5-22(15-24(23)19-43)27-7-8-28-30(38-27)46-31(39-28)40-29(44)21-3-4-21/h5-8,13-16,21H,2-4,9-12,17-19H2,1H3,(H,37,45)(H,39,40,44). The zero-order valence-corrected chi connectivity index (χ0v) is 26.2. The molecular formula is C33H34F3N7O2S. The van der Waals surface area contributed by atoms with Crippen molar-refractivity contribution in [3.05, 3.63) is 70.8 Å². The molecule has 46 heavy (non-hydrogen) atoms. The van der Waals surface area contributed by atoms with Crippen LogP contribution in [0.1, 0.15) is 42.0 Å². The SMILES string of the molecule is CCN1CCN(Cc2cc(NC(=O)N3Cc4ccc(-c5ccc6nc(NC(=O)C7CC7)sc6n5)cc4C3)cc(C(F)(F)F)c2)CC1. The molecule has 0 unspecified atom stereocenters. The Bertz CT molecular complexity index is 1800. The Morgan fingerprint density at radius 2 is 1.67 bits per heavy atom. The van der Waals surface area contributed by atoms with Gasteiger partial charge in [0.2, 0.25) is 5.91 Å². The molecule has 0 bridgehead atoms. The Morgan fingerprint density at radius 1 is 0.913 bits per heavy atom. The molecule has 0 atom stereocenters. The molecule has 240 valence electrons. The molecule has 1 aliphatic carbocycles. The van der Waals surface area contributed by atoms with Crippen LogP contribution in [0.2, 0.25) is 0 Å². The monoisotopic (exact) mass is 649 g/mol. The first-order chi connectivity index (χ1) is 22.1. The van der Waals surface area contributed by atoms with Crippen LogP contribution in [0.25, 0.3) is 21.6 Å². The quantitative estimate of drug-likeness (QED) is 0.240. The number of urea groups is 1. The Labute approximate surface area is 268 Å². The van der Waals surface area contributed by atoms with Gasteiger partial charge in [0.15, 0.2) is 5.13 Å². The van der Waals surface area contributed by atoms with Crippen LogP contribution in [0.4, 0.5) is 28.8 Å². The van der Waals surface area contributed by atoms with Crippen molar-refractivity contribution in [1.82, 2.24) is 24.7 Å². The molecule has 3 amide bonds. The Kier molecular flexibility index (Phi) is 8.16. The summed E-state index contributed by atoms with van der Waals surface area (Å²) < 4.78 is 41.5. The van der Waals surface area contributed by atoms with Crippen molar-refractivity contribution in [2.45, 2.75) is 45.6 Å². The predicted octanol–water partition coefficient (Wildman–Crippen LogP) is 6.41. The van der Waals surface area contributed by atoms with Crippen molar-refractivity contribution in [3.8, 4) is 11.3 Å². The van der Waals surface area contributed by atoms with Gasteiger partial charge >= 0.3 is 12.2 Å². The van der Waals surface area contributed by atoms with E-state index in [4.69, 9.17) is 4.98 Å². The fraction of sp³-hybridized carbons (Fsp3) is 0.394. The largest absolute Gasteiger partial charge is 0.416 e. The van der Waals surface area contributed by atoms with Gasteiger partial charge in [-0.2, -0.15) is 13.2 Å². The van der Waals surface area contributed by atoms with Crippen molar-refractivity contribution < 1.29 is 22.8 Å². The molecular weight excluding hydrogens is 615 g/mol. The number of rotatable bonds is 7. The summed E-state index contributed by atoms with van der Waals surface area (Å²) in [7, 11) is 0. The van der Waals surface area contributed by atoms with Crippen LogP contribution in [0.3, 0.4) is 0 Å². The topological polar surface area (TPSA) is 93.7 Å². The van der Waals surface area contributed by atoms with E-state index in [1.807, 2.05) is 30.3 Å². The molecule has 0 radical (unpaired) electrons. The van der Waals surface area contributed by atoms with Crippen LogP contribution in [0.5, 0.6) is 0 Å². The molecule has 2 N–H and O–H groups in total. The van der Waals surface area contributed by atoms with Gasteiger partial charge in [-0.05, 0) is 72.5 Å². The number of alkyl halides is 3. The van der Waals surface area contributed by atoms with Crippen LogP contribution in [0, 0.1) is 5.92 Å². The summed E-state index contributed by atoms with van der Waals surface area (Å²) in [5, 5.41) is 6.15. The molecule has 4 aromatic rings. The first kappa shape index (κ1) is 30.6. The number of anilines is 2. The van der Waals surface area contributed by atoms with Crippen LogP contribution < -0.4 is 10.6 Å². The molecule has 2 aliphatic heterocycles. The zero-order valence-electron chi connectivity index (χ0n) is 25.4. The number of aromatic nitrogens is 2. The average Bonchev–Trinajstić information content (AvgIpc) is 3.68. The normalized spacial score (nSPS) is 17.3. The number of nitrogens with one attached hydrogen (secondary N) is 2. The van der Waals surface area contributed by atoms with Gasteiger partial charge in [-0.25, -0.2) is 14.8 Å². The van der Waals surface area contributed by atoms with Gasteiger partial charge in [-0.15, -0.1) is 0 Å². The van der Waals surface area contributed by atoms with Gasteiger partial charge in [0.05, 0.1) is 11.3 Å². The number of halogens is 3. The second-order valence-corrected chi connectivity index (χ2v) is 13.2. The maximum atomic E-state index is 13.8. The fourth-order valence-electron chi connectivity index (χ4n) is 6.03. The van der Waals surface area contributed by atoms with E-state index in [2.05, 4.69) is 32.3 Å². The van der Waals surface area contributed by atoms with E-state index in [-0.39, 0.29) is 17.5 Å². The van der Waals surface area contributed by atoms with E-state index in [0.29, 0.717) is 40.7 Å². The Hall–Kier alpha value is -4.07. The number of hydrogen-bond acceptors (Lipinski definition) is 7. The molecule has 0 spiro atoms. The van der Waals surface area contributed by atoms with Crippen molar-refractivity contribution in [2.75, 3.05) is 43.4 Å². The van der Waals surface area contributed by atoms with Crippen LogP contribution in [-0.2, 0) is 30.6 Å². The lowest BCUT2D eigenvalue weighted by molar-refractivity contribution is -0.137. The third kappa shape index (κ3) is 6.72. The number of benzene rings is 2. The number of likely N-dealkylation sites (N-methyl/N-ethyl adjacent to an activating group) is 1. The molecule has 2 fully saturated rings. The number of carbonyl (C=O) groups is 2.